The van der Waals surface area contributed by atoms with Crippen molar-refractivity contribution < 1.29 is 12.7 Å². The van der Waals surface area contributed by atoms with Gasteiger partial charge in [-0.15, -0.1) is 0 Å². The lowest BCUT2D eigenvalue weighted by Crippen LogP contribution is -2.16. The number of rotatable bonds is 4. The molecule has 1 aromatic heterocycles. The number of aromatic amines is 1. The van der Waals surface area contributed by atoms with Crippen LogP contribution in [0.3, 0.4) is 0 Å². The average Bonchev–Trinajstić information content (AvgIpc) is 2.86. The van der Waals surface area contributed by atoms with Crippen LogP contribution in [-0.4, -0.2) is 30.5 Å². The SMILES string of the molecule is CS(=O)(=O)ON=C(N)c1nc(-c2ccccc2)c[nH]1. The molecule has 0 saturated carbocycles. The summed E-state index contributed by atoms with van der Waals surface area (Å²) >= 11 is 0. The van der Waals surface area contributed by atoms with Gasteiger partial charge in [0, 0.05) is 11.8 Å². The van der Waals surface area contributed by atoms with Crippen LogP contribution in [-0.2, 0) is 14.4 Å². The Kier molecular flexibility index (Phi) is 3.52. The van der Waals surface area contributed by atoms with Gasteiger partial charge in [0.1, 0.15) is 0 Å². The molecule has 8 heteroatoms. The Hall–Kier alpha value is -2.35. The first-order valence-corrected chi connectivity index (χ1v) is 7.10. The van der Waals surface area contributed by atoms with Crippen molar-refractivity contribution in [3.8, 4) is 11.3 Å². The lowest BCUT2D eigenvalue weighted by molar-refractivity contribution is 0.342. The van der Waals surface area contributed by atoms with Crippen LogP contribution in [0.15, 0.2) is 41.7 Å². The van der Waals surface area contributed by atoms with Gasteiger partial charge in [0.2, 0.25) is 5.84 Å². The third-order valence-corrected chi connectivity index (χ3v) is 2.51. The quantitative estimate of drug-likeness (QED) is 0.486. The molecule has 2 rings (SSSR count). The van der Waals surface area contributed by atoms with Crippen molar-refractivity contribution in [3.05, 3.63) is 42.4 Å². The highest BCUT2D eigenvalue weighted by atomic mass is 32.2. The van der Waals surface area contributed by atoms with Crippen molar-refractivity contribution in [2.24, 2.45) is 10.9 Å². The Morgan fingerprint density at radius 1 is 1.37 bits per heavy atom. The van der Waals surface area contributed by atoms with Crippen LogP contribution >= 0.6 is 0 Å². The van der Waals surface area contributed by atoms with Gasteiger partial charge < -0.3 is 10.7 Å². The zero-order chi connectivity index (χ0) is 13.9. The number of amidine groups is 1. The minimum atomic E-state index is -3.68. The van der Waals surface area contributed by atoms with Crippen LogP contribution in [0.1, 0.15) is 5.82 Å². The van der Waals surface area contributed by atoms with Crippen LogP contribution in [0.25, 0.3) is 11.3 Å². The molecule has 0 spiro atoms. The topological polar surface area (TPSA) is 110 Å². The fraction of sp³-hybridized carbons (Fsp3) is 0.0909. The molecule has 0 amide bonds. The third-order valence-electron chi connectivity index (χ3n) is 2.16. The molecule has 100 valence electrons. The van der Waals surface area contributed by atoms with Gasteiger partial charge in [0.25, 0.3) is 0 Å². The van der Waals surface area contributed by atoms with E-state index in [0.29, 0.717) is 5.69 Å². The Labute approximate surface area is 110 Å². The maximum absolute atomic E-state index is 10.8. The fourth-order valence-corrected chi connectivity index (χ4v) is 1.58. The number of hydrogen-bond donors (Lipinski definition) is 2. The van der Waals surface area contributed by atoms with Gasteiger partial charge in [0.15, 0.2) is 5.82 Å². The van der Waals surface area contributed by atoms with Crippen molar-refractivity contribution >= 4 is 16.0 Å². The summed E-state index contributed by atoms with van der Waals surface area (Å²) in [5, 5.41) is 3.29. The van der Waals surface area contributed by atoms with E-state index in [4.69, 9.17) is 5.73 Å². The summed E-state index contributed by atoms with van der Waals surface area (Å²) in [6, 6.07) is 9.44. The molecule has 0 fully saturated rings. The summed E-state index contributed by atoms with van der Waals surface area (Å²) in [5.41, 5.74) is 7.14. The maximum atomic E-state index is 10.8. The number of H-pyrrole nitrogens is 1. The highest BCUT2D eigenvalue weighted by Crippen LogP contribution is 2.15. The molecular formula is C11H12N4O3S. The van der Waals surface area contributed by atoms with Gasteiger partial charge in [-0.25, -0.2) is 4.98 Å². The van der Waals surface area contributed by atoms with Crippen LogP contribution in [0.5, 0.6) is 0 Å². The van der Waals surface area contributed by atoms with Crippen LogP contribution in [0.4, 0.5) is 0 Å². The second kappa shape index (κ2) is 5.11. The molecule has 3 N–H and O–H groups in total. The molecular weight excluding hydrogens is 268 g/mol. The standard InChI is InChI=1S/C11H12N4O3S/c1-19(16,17)18-15-10(12)11-13-7-9(14-11)8-5-3-2-4-6-8/h2-7H,1H3,(H2,12,15)(H,13,14). The van der Waals surface area contributed by atoms with Gasteiger partial charge in [-0.05, 0) is 5.16 Å². The molecule has 0 aliphatic rings. The van der Waals surface area contributed by atoms with Crippen LogP contribution in [0.2, 0.25) is 0 Å². The highest BCUT2D eigenvalue weighted by Gasteiger charge is 2.08. The van der Waals surface area contributed by atoms with E-state index in [-0.39, 0.29) is 11.7 Å². The monoisotopic (exact) mass is 280 g/mol. The Morgan fingerprint density at radius 2 is 2.05 bits per heavy atom. The van der Waals surface area contributed by atoms with Crippen molar-refractivity contribution in [2.45, 2.75) is 0 Å². The summed E-state index contributed by atoms with van der Waals surface area (Å²) < 4.78 is 25.8. The summed E-state index contributed by atoms with van der Waals surface area (Å²) in [6.45, 7) is 0. The molecule has 19 heavy (non-hydrogen) atoms. The number of hydrogen-bond acceptors (Lipinski definition) is 5. The predicted octanol–water partition coefficient (Wildman–Crippen LogP) is 0.673. The zero-order valence-corrected chi connectivity index (χ0v) is 10.9. The largest absolute Gasteiger partial charge is 0.378 e. The van der Waals surface area contributed by atoms with E-state index < -0.39 is 10.1 Å². The van der Waals surface area contributed by atoms with E-state index >= 15 is 0 Å². The molecule has 2 aromatic rings. The molecule has 7 nitrogen and oxygen atoms in total. The van der Waals surface area contributed by atoms with E-state index in [9.17, 15) is 8.42 Å². The molecule has 0 saturated heterocycles. The average molecular weight is 280 g/mol. The Bertz CT molecular complexity index is 692. The van der Waals surface area contributed by atoms with Crippen LogP contribution in [0, 0.1) is 0 Å². The fourth-order valence-electron chi connectivity index (χ4n) is 1.36. The molecule has 1 aromatic carbocycles. The third kappa shape index (κ3) is 3.55. The smallest absolute Gasteiger partial charge is 0.325 e. The Morgan fingerprint density at radius 3 is 2.68 bits per heavy atom. The van der Waals surface area contributed by atoms with Crippen molar-refractivity contribution in [2.75, 3.05) is 6.26 Å². The molecule has 0 aliphatic heterocycles. The summed E-state index contributed by atoms with van der Waals surface area (Å²) in [6.07, 6.45) is 2.52. The first kappa shape index (κ1) is 13.1. The van der Waals surface area contributed by atoms with Crippen molar-refractivity contribution in [1.82, 2.24) is 9.97 Å². The minimum absolute atomic E-state index is 0.146. The van der Waals surface area contributed by atoms with Gasteiger partial charge in [-0.3, -0.25) is 4.28 Å². The molecule has 0 atom stereocenters. The van der Waals surface area contributed by atoms with E-state index in [1.165, 1.54) is 0 Å². The van der Waals surface area contributed by atoms with Gasteiger partial charge in [0.05, 0.1) is 11.9 Å². The molecule has 0 aliphatic carbocycles. The zero-order valence-electron chi connectivity index (χ0n) is 10.1. The summed E-state index contributed by atoms with van der Waals surface area (Å²) in [5.74, 6) is 0.0927. The lowest BCUT2D eigenvalue weighted by Gasteiger charge is -1.96. The molecule has 1 heterocycles. The van der Waals surface area contributed by atoms with E-state index in [2.05, 4.69) is 19.4 Å². The van der Waals surface area contributed by atoms with Gasteiger partial charge >= 0.3 is 10.1 Å². The van der Waals surface area contributed by atoms with E-state index in [1.54, 1.807) is 6.20 Å². The van der Waals surface area contributed by atoms with Gasteiger partial charge in [-0.2, -0.15) is 8.42 Å². The molecule has 0 unspecified atom stereocenters. The number of nitrogens with two attached hydrogens (primary N) is 1. The number of nitrogens with one attached hydrogen (secondary N) is 1. The number of aromatic nitrogens is 2. The minimum Gasteiger partial charge on any atom is -0.378 e. The van der Waals surface area contributed by atoms with Crippen LogP contribution < -0.4 is 5.73 Å². The Balaban J connectivity index is 2.22. The van der Waals surface area contributed by atoms with Crippen molar-refractivity contribution in [1.29, 1.82) is 0 Å². The number of benzene rings is 1. The predicted molar refractivity (Wildman–Crippen MR) is 70.7 cm³/mol. The number of oxime groups is 1. The second-order valence-corrected chi connectivity index (χ2v) is 5.31. The first-order valence-electron chi connectivity index (χ1n) is 5.29. The van der Waals surface area contributed by atoms with Crippen molar-refractivity contribution in [3.63, 3.8) is 0 Å². The normalized spacial score (nSPS) is 12.4. The number of imidazole rings is 1. The maximum Gasteiger partial charge on any atom is 0.325 e. The summed E-state index contributed by atoms with van der Waals surface area (Å²) in [7, 11) is -3.68. The van der Waals surface area contributed by atoms with E-state index in [1.807, 2.05) is 30.3 Å². The first-order chi connectivity index (χ1) is 8.96. The van der Waals surface area contributed by atoms with Gasteiger partial charge in [-0.1, -0.05) is 30.3 Å². The van der Waals surface area contributed by atoms with E-state index in [0.717, 1.165) is 11.8 Å². The highest BCUT2D eigenvalue weighted by molar-refractivity contribution is 7.85. The lowest BCUT2D eigenvalue weighted by atomic mass is 10.2. The summed E-state index contributed by atoms with van der Waals surface area (Å²) in [4.78, 5) is 6.99. The second-order valence-electron chi connectivity index (χ2n) is 3.76. The molecule has 0 bridgehead atoms. The number of nitrogens with zero attached hydrogens (tertiary/aromatic N) is 2. The molecule has 0 radical (unpaired) electrons.